The molecule has 0 unspecified atom stereocenters. The molecular weight excluding hydrogens is 247 g/mol. The molecule has 0 saturated heterocycles. The molecule has 1 amide bonds. The highest BCUT2D eigenvalue weighted by molar-refractivity contribution is 5.77. The summed E-state index contributed by atoms with van der Waals surface area (Å²) in [7, 11) is 0. The van der Waals surface area contributed by atoms with Crippen molar-refractivity contribution in [2.75, 3.05) is 19.7 Å². The van der Waals surface area contributed by atoms with Crippen LogP contribution in [0.4, 0.5) is 4.39 Å². The molecule has 0 aliphatic heterocycles. The summed E-state index contributed by atoms with van der Waals surface area (Å²) in [6.45, 7) is 7.04. The van der Waals surface area contributed by atoms with Crippen LogP contribution in [0.25, 0.3) is 0 Å². The van der Waals surface area contributed by atoms with E-state index in [2.05, 4.69) is 17.2 Å². The second-order valence-electron chi connectivity index (χ2n) is 3.93. The molecule has 2 N–H and O–H groups in total. The number of amides is 1. The molecule has 0 spiro atoms. The van der Waals surface area contributed by atoms with E-state index in [-0.39, 0.29) is 18.3 Å². The molecule has 0 aliphatic carbocycles. The maximum absolute atomic E-state index is 13.7. The first-order valence-corrected chi connectivity index (χ1v) is 6.17. The zero-order chi connectivity index (χ0) is 14.1. The van der Waals surface area contributed by atoms with Crippen LogP contribution in [0.15, 0.2) is 30.9 Å². The lowest BCUT2D eigenvalue weighted by Crippen LogP contribution is -2.28. The van der Waals surface area contributed by atoms with Gasteiger partial charge in [-0.2, -0.15) is 0 Å². The van der Waals surface area contributed by atoms with Gasteiger partial charge < -0.3 is 15.4 Å². The maximum Gasteiger partial charge on any atom is 0.258 e. The lowest BCUT2D eigenvalue weighted by atomic mass is 10.2. The monoisotopic (exact) mass is 266 g/mol. The van der Waals surface area contributed by atoms with Gasteiger partial charge in [-0.15, -0.1) is 6.58 Å². The fourth-order valence-corrected chi connectivity index (χ4v) is 1.42. The molecule has 1 rings (SSSR count). The normalized spacial score (nSPS) is 10.0. The molecule has 0 atom stereocenters. The number of rotatable bonds is 8. The van der Waals surface area contributed by atoms with Crippen molar-refractivity contribution in [1.29, 1.82) is 0 Å². The molecule has 104 valence electrons. The Morgan fingerprint density at radius 2 is 2.32 bits per heavy atom. The van der Waals surface area contributed by atoms with Crippen molar-refractivity contribution in [3.8, 4) is 5.75 Å². The molecule has 0 aliphatic rings. The lowest BCUT2D eigenvalue weighted by Gasteiger charge is -2.09. The number of hydrogen-bond donors (Lipinski definition) is 2. The van der Waals surface area contributed by atoms with Crippen molar-refractivity contribution >= 4 is 5.91 Å². The highest BCUT2D eigenvalue weighted by atomic mass is 19.1. The average molecular weight is 266 g/mol. The second-order valence-corrected chi connectivity index (χ2v) is 3.93. The third-order valence-electron chi connectivity index (χ3n) is 2.38. The minimum Gasteiger partial charge on any atom is -0.481 e. The van der Waals surface area contributed by atoms with E-state index >= 15 is 0 Å². The summed E-state index contributed by atoms with van der Waals surface area (Å²) in [6, 6.07) is 4.70. The van der Waals surface area contributed by atoms with Crippen LogP contribution in [-0.2, 0) is 11.3 Å². The van der Waals surface area contributed by atoms with Gasteiger partial charge in [0.15, 0.2) is 18.2 Å². The van der Waals surface area contributed by atoms with Crippen molar-refractivity contribution < 1.29 is 13.9 Å². The van der Waals surface area contributed by atoms with Gasteiger partial charge in [-0.1, -0.05) is 19.1 Å². The molecule has 19 heavy (non-hydrogen) atoms. The molecule has 0 heterocycles. The molecule has 1 aromatic rings. The minimum absolute atomic E-state index is 0.0778. The number of benzene rings is 1. The molecule has 0 bridgehead atoms. The Kier molecular flexibility index (Phi) is 6.60. The second kappa shape index (κ2) is 8.26. The summed E-state index contributed by atoms with van der Waals surface area (Å²) in [5.74, 6) is -0.697. The molecular formula is C14H19FN2O2. The van der Waals surface area contributed by atoms with Gasteiger partial charge in [0.25, 0.3) is 5.91 Å². The van der Waals surface area contributed by atoms with Gasteiger partial charge in [0.05, 0.1) is 0 Å². The number of ether oxygens (including phenoxy) is 1. The lowest BCUT2D eigenvalue weighted by molar-refractivity contribution is -0.122. The van der Waals surface area contributed by atoms with Crippen LogP contribution >= 0.6 is 0 Å². The SMILES string of the molecule is C=CCNC(=O)COc1ccc(CNCC)cc1F. The minimum atomic E-state index is -0.466. The number of carbonyl (C=O) groups excluding carboxylic acids is 1. The first-order chi connectivity index (χ1) is 9.17. The van der Waals surface area contributed by atoms with Crippen LogP contribution in [0.3, 0.4) is 0 Å². The predicted octanol–water partition coefficient (Wildman–Crippen LogP) is 1.62. The van der Waals surface area contributed by atoms with Gasteiger partial charge in [0, 0.05) is 13.1 Å². The van der Waals surface area contributed by atoms with E-state index < -0.39 is 5.82 Å². The van der Waals surface area contributed by atoms with E-state index in [1.165, 1.54) is 12.1 Å². The van der Waals surface area contributed by atoms with Crippen LogP contribution < -0.4 is 15.4 Å². The zero-order valence-corrected chi connectivity index (χ0v) is 11.0. The smallest absolute Gasteiger partial charge is 0.258 e. The van der Waals surface area contributed by atoms with E-state index in [9.17, 15) is 9.18 Å². The number of halogens is 1. The van der Waals surface area contributed by atoms with Crippen molar-refractivity contribution in [3.63, 3.8) is 0 Å². The molecule has 1 aromatic carbocycles. The topological polar surface area (TPSA) is 50.4 Å². The Hall–Kier alpha value is -1.88. The maximum atomic E-state index is 13.7. The Morgan fingerprint density at radius 3 is 2.95 bits per heavy atom. The largest absolute Gasteiger partial charge is 0.481 e. The van der Waals surface area contributed by atoms with Crippen LogP contribution in [0.5, 0.6) is 5.75 Å². The van der Waals surface area contributed by atoms with Crippen LogP contribution in [0, 0.1) is 5.82 Å². The van der Waals surface area contributed by atoms with Crippen molar-refractivity contribution in [2.45, 2.75) is 13.5 Å². The quantitative estimate of drug-likeness (QED) is 0.703. The summed E-state index contributed by atoms with van der Waals surface area (Å²) in [6.07, 6.45) is 1.56. The number of carbonyl (C=O) groups is 1. The predicted molar refractivity (Wildman–Crippen MR) is 72.5 cm³/mol. The Morgan fingerprint density at radius 1 is 1.53 bits per heavy atom. The summed E-state index contributed by atoms with van der Waals surface area (Å²) >= 11 is 0. The zero-order valence-electron chi connectivity index (χ0n) is 11.0. The standard InChI is InChI=1S/C14H19FN2O2/c1-3-7-17-14(18)10-19-13-6-5-11(8-12(13)15)9-16-4-2/h3,5-6,8,16H,1,4,7,9-10H2,2H3,(H,17,18). The Bertz CT molecular complexity index is 435. The van der Waals surface area contributed by atoms with E-state index in [1.54, 1.807) is 12.1 Å². The van der Waals surface area contributed by atoms with Gasteiger partial charge in [-0.25, -0.2) is 4.39 Å². The fourth-order valence-electron chi connectivity index (χ4n) is 1.42. The molecule has 5 heteroatoms. The van der Waals surface area contributed by atoms with Gasteiger partial charge in [-0.05, 0) is 24.2 Å². The molecule has 4 nitrogen and oxygen atoms in total. The van der Waals surface area contributed by atoms with E-state index in [0.717, 1.165) is 12.1 Å². The molecule has 0 fully saturated rings. The summed E-state index contributed by atoms with van der Waals surface area (Å²) in [4.78, 5) is 11.3. The third kappa shape index (κ3) is 5.52. The van der Waals surface area contributed by atoms with Crippen LogP contribution in [-0.4, -0.2) is 25.6 Å². The number of nitrogens with one attached hydrogen (secondary N) is 2. The van der Waals surface area contributed by atoms with Crippen molar-refractivity contribution in [3.05, 3.63) is 42.2 Å². The molecule has 0 aromatic heterocycles. The van der Waals surface area contributed by atoms with Crippen molar-refractivity contribution in [1.82, 2.24) is 10.6 Å². The van der Waals surface area contributed by atoms with Gasteiger partial charge >= 0.3 is 0 Å². The third-order valence-corrected chi connectivity index (χ3v) is 2.38. The molecule has 0 saturated carbocycles. The first kappa shape index (κ1) is 15.2. The Labute approximate surface area is 112 Å². The van der Waals surface area contributed by atoms with Crippen LogP contribution in [0.2, 0.25) is 0 Å². The Balaban J connectivity index is 2.50. The first-order valence-electron chi connectivity index (χ1n) is 6.17. The molecule has 0 radical (unpaired) electrons. The van der Waals surface area contributed by atoms with Crippen molar-refractivity contribution in [2.24, 2.45) is 0 Å². The highest BCUT2D eigenvalue weighted by Crippen LogP contribution is 2.18. The van der Waals surface area contributed by atoms with Gasteiger partial charge in [0.2, 0.25) is 0 Å². The van der Waals surface area contributed by atoms with Gasteiger partial charge in [0.1, 0.15) is 0 Å². The van der Waals surface area contributed by atoms with Gasteiger partial charge in [-0.3, -0.25) is 4.79 Å². The van der Waals surface area contributed by atoms with E-state index in [0.29, 0.717) is 13.1 Å². The number of hydrogen-bond acceptors (Lipinski definition) is 3. The highest BCUT2D eigenvalue weighted by Gasteiger charge is 2.07. The summed E-state index contributed by atoms with van der Waals surface area (Å²) < 4.78 is 18.8. The summed E-state index contributed by atoms with van der Waals surface area (Å²) in [5.41, 5.74) is 0.836. The fraction of sp³-hybridized carbons (Fsp3) is 0.357. The van der Waals surface area contributed by atoms with E-state index in [1.807, 2.05) is 6.92 Å². The summed E-state index contributed by atoms with van der Waals surface area (Å²) in [5, 5.41) is 5.65. The average Bonchev–Trinajstić information content (AvgIpc) is 2.41. The van der Waals surface area contributed by atoms with E-state index in [4.69, 9.17) is 4.74 Å². The van der Waals surface area contributed by atoms with Crippen LogP contribution in [0.1, 0.15) is 12.5 Å².